The zero-order valence-electron chi connectivity index (χ0n) is 12.5. The van der Waals surface area contributed by atoms with E-state index in [1.54, 1.807) is 14.2 Å². The molecule has 2 nitrogen and oxygen atoms in total. The Balaban J connectivity index is 2.17. The summed E-state index contributed by atoms with van der Waals surface area (Å²) < 4.78 is 10.4. The number of methoxy groups -OCH3 is 2. The number of rotatable bonds is 6. The lowest BCUT2D eigenvalue weighted by Gasteiger charge is -2.09. The van der Waals surface area contributed by atoms with Crippen molar-refractivity contribution in [3.8, 4) is 11.5 Å². The maximum absolute atomic E-state index is 5.27. The van der Waals surface area contributed by atoms with E-state index in [1.807, 2.05) is 48.5 Å². The van der Waals surface area contributed by atoms with Crippen molar-refractivity contribution in [1.82, 2.24) is 0 Å². The Morgan fingerprint density at radius 3 is 2.29 bits per heavy atom. The van der Waals surface area contributed by atoms with Gasteiger partial charge in [-0.2, -0.15) is 0 Å². The lowest BCUT2D eigenvalue weighted by atomic mass is 9.97. The molecule has 0 radical (unpaired) electrons. The first-order chi connectivity index (χ1) is 10.3. The minimum Gasteiger partial charge on any atom is -0.497 e. The SMILES string of the molecule is C=CC(/C=C/c1ccc(OC)cc1)c1cccc(OC)c1. The van der Waals surface area contributed by atoms with Crippen molar-refractivity contribution in [2.45, 2.75) is 5.92 Å². The third-order valence-electron chi connectivity index (χ3n) is 3.34. The molecule has 108 valence electrons. The molecule has 2 aromatic rings. The second kappa shape index (κ2) is 7.34. The Hall–Kier alpha value is -2.48. The summed E-state index contributed by atoms with van der Waals surface area (Å²) in [6.07, 6.45) is 6.14. The molecule has 0 N–H and O–H groups in total. The van der Waals surface area contributed by atoms with E-state index in [9.17, 15) is 0 Å². The van der Waals surface area contributed by atoms with Crippen LogP contribution in [-0.4, -0.2) is 14.2 Å². The molecule has 21 heavy (non-hydrogen) atoms. The molecule has 2 heteroatoms. The Bertz CT molecular complexity index is 612. The highest BCUT2D eigenvalue weighted by Crippen LogP contribution is 2.24. The molecule has 0 fully saturated rings. The van der Waals surface area contributed by atoms with Gasteiger partial charge >= 0.3 is 0 Å². The standard InChI is InChI=1S/C19H20O2/c1-4-16(17-6-5-7-19(14-17)21-3)11-8-15-9-12-18(20-2)13-10-15/h4-14,16H,1H2,2-3H3/b11-8+. The van der Waals surface area contributed by atoms with Crippen LogP contribution in [0.15, 0.2) is 67.3 Å². The molecule has 0 saturated carbocycles. The predicted octanol–water partition coefficient (Wildman–Crippen LogP) is 4.69. The normalized spacial score (nSPS) is 12.1. The molecular weight excluding hydrogens is 260 g/mol. The Kier molecular flexibility index (Phi) is 5.22. The Morgan fingerprint density at radius 2 is 1.67 bits per heavy atom. The Labute approximate surface area is 126 Å². The molecule has 0 bridgehead atoms. The van der Waals surface area contributed by atoms with Crippen LogP contribution < -0.4 is 9.47 Å². The van der Waals surface area contributed by atoms with Crippen LogP contribution in [0.2, 0.25) is 0 Å². The average molecular weight is 280 g/mol. The van der Waals surface area contributed by atoms with Gasteiger partial charge in [0.15, 0.2) is 0 Å². The van der Waals surface area contributed by atoms with Crippen LogP contribution in [0.3, 0.4) is 0 Å². The van der Waals surface area contributed by atoms with Crippen molar-refractivity contribution >= 4 is 6.08 Å². The van der Waals surface area contributed by atoms with Gasteiger partial charge < -0.3 is 9.47 Å². The fourth-order valence-corrected chi connectivity index (χ4v) is 2.10. The van der Waals surface area contributed by atoms with Crippen molar-refractivity contribution < 1.29 is 9.47 Å². The largest absolute Gasteiger partial charge is 0.497 e. The van der Waals surface area contributed by atoms with Crippen LogP contribution in [0.25, 0.3) is 6.08 Å². The molecular formula is C19H20O2. The first-order valence-electron chi connectivity index (χ1n) is 6.85. The van der Waals surface area contributed by atoms with Gasteiger partial charge in [0.2, 0.25) is 0 Å². The van der Waals surface area contributed by atoms with Crippen molar-refractivity contribution in [3.63, 3.8) is 0 Å². The summed E-state index contributed by atoms with van der Waals surface area (Å²) in [6.45, 7) is 3.92. The van der Waals surface area contributed by atoms with E-state index in [-0.39, 0.29) is 5.92 Å². The summed E-state index contributed by atoms with van der Waals surface area (Å²) >= 11 is 0. The van der Waals surface area contributed by atoms with E-state index in [4.69, 9.17) is 9.47 Å². The highest BCUT2D eigenvalue weighted by molar-refractivity contribution is 5.53. The van der Waals surface area contributed by atoms with Crippen LogP contribution in [0.5, 0.6) is 11.5 Å². The van der Waals surface area contributed by atoms with Gasteiger partial charge in [0.05, 0.1) is 14.2 Å². The zero-order chi connectivity index (χ0) is 15.1. The van der Waals surface area contributed by atoms with Gasteiger partial charge in [-0.05, 0) is 35.4 Å². The van der Waals surface area contributed by atoms with Crippen molar-refractivity contribution in [2.75, 3.05) is 14.2 Å². The monoisotopic (exact) mass is 280 g/mol. The molecule has 0 amide bonds. The fourth-order valence-electron chi connectivity index (χ4n) is 2.10. The molecule has 2 aromatic carbocycles. The summed E-state index contributed by atoms with van der Waals surface area (Å²) in [4.78, 5) is 0. The fraction of sp³-hybridized carbons (Fsp3) is 0.158. The van der Waals surface area contributed by atoms with Crippen molar-refractivity contribution in [1.29, 1.82) is 0 Å². The second-order valence-corrected chi connectivity index (χ2v) is 4.67. The van der Waals surface area contributed by atoms with Gasteiger partial charge in [-0.1, -0.05) is 42.5 Å². The van der Waals surface area contributed by atoms with Crippen LogP contribution in [0.4, 0.5) is 0 Å². The van der Waals surface area contributed by atoms with Gasteiger partial charge in [0.1, 0.15) is 11.5 Å². The number of ether oxygens (including phenoxy) is 2. The first kappa shape index (κ1) is 14.9. The van der Waals surface area contributed by atoms with Gasteiger partial charge in [-0.25, -0.2) is 0 Å². The van der Waals surface area contributed by atoms with E-state index in [1.165, 1.54) is 0 Å². The molecule has 0 saturated heterocycles. The smallest absolute Gasteiger partial charge is 0.119 e. The summed E-state index contributed by atoms with van der Waals surface area (Å²) in [5.74, 6) is 1.87. The maximum Gasteiger partial charge on any atom is 0.119 e. The Morgan fingerprint density at radius 1 is 0.952 bits per heavy atom. The molecule has 1 atom stereocenters. The maximum atomic E-state index is 5.27. The van der Waals surface area contributed by atoms with Crippen LogP contribution >= 0.6 is 0 Å². The molecule has 0 aromatic heterocycles. The number of allylic oxidation sites excluding steroid dienone is 2. The highest BCUT2D eigenvalue weighted by Gasteiger charge is 2.04. The van der Waals surface area contributed by atoms with E-state index < -0.39 is 0 Å². The van der Waals surface area contributed by atoms with Crippen LogP contribution in [0, 0.1) is 0 Å². The van der Waals surface area contributed by atoms with E-state index in [0.29, 0.717) is 0 Å². The minimum absolute atomic E-state index is 0.155. The number of hydrogen-bond acceptors (Lipinski definition) is 2. The molecule has 0 aliphatic carbocycles. The van der Waals surface area contributed by atoms with Crippen molar-refractivity contribution in [2.24, 2.45) is 0 Å². The van der Waals surface area contributed by atoms with Crippen molar-refractivity contribution in [3.05, 3.63) is 78.4 Å². The van der Waals surface area contributed by atoms with Gasteiger partial charge in [0.25, 0.3) is 0 Å². The quantitative estimate of drug-likeness (QED) is 0.715. The summed E-state index contributed by atoms with van der Waals surface area (Å²) in [6, 6.07) is 16.0. The van der Waals surface area contributed by atoms with Crippen LogP contribution in [-0.2, 0) is 0 Å². The first-order valence-corrected chi connectivity index (χ1v) is 6.85. The average Bonchev–Trinajstić information content (AvgIpc) is 2.56. The molecule has 0 spiro atoms. The lowest BCUT2D eigenvalue weighted by molar-refractivity contribution is 0.414. The summed E-state index contributed by atoms with van der Waals surface area (Å²) in [5.41, 5.74) is 2.29. The van der Waals surface area contributed by atoms with E-state index >= 15 is 0 Å². The third-order valence-corrected chi connectivity index (χ3v) is 3.34. The van der Waals surface area contributed by atoms with Gasteiger partial charge in [0, 0.05) is 5.92 Å². The van der Waals surface area contributed by atoms with Gasteiger partial charge in [-0.3, -0.25) is 0 Å². The van der Waals surface area contributed by atoms with Crippen LogP contribution in [0.1, 0.15) is 17.0 Å². The molecule has 2 rings (SSSR count). The highest BCUT2D eigenvalue weighted by atomic mass is 16.5. The minimum atomic E-state index is 0.155. The topological polar surface area (TPSA) is 18.5 Å². The summed E-state index contributed by atoms with van der Waals surface area (Å²) in [7, 11) is 3.34. The molecule has 1 unspecified atom stereocenters. The third kappa shape index (κ3) is 3.99. The van der Waals surface area contributed by atoms with E-state index in [2.05, 4.69) is 24.8 Å². The number of hydrogen-bond donors (Lipinski definition) is 0. The summed E-state index contributed by atoms with van der Waals surface area (Å²) in [5, 5.41) is 0. The second-order valence-electron chi connectivity index (χ2n) is 4.67. The van der Waals surface area contributed by atoms with Gasteiger partial charge in [-0.15, -0.1) is 6.58 Å². The predicted molar refractivity (Wildman–Crippen MR) is 88.0 cm³/mol. The lowest BCUT2D eigenvalue weighted by Crippen LogP contribution is -1.92. The molecule has 0 aliphatic rings. The molecule has 0 aliphatic heterocycles. The van der Waals surface area contributed by atoms with E-state index in [0.717, 1.165) is 22.6 Å². The number of benzene rings is 2. The zero-order valence-corrected chi connectivity index (χ0v) is 12.5. The molecule has 0 heterocycles.